The molecule has 0 amide bonds. The second-order valence-electron chi connectivity index (χ2n) is 4.86. The molecule has 1 saturated carbocycles. The van der Waals surface area contributed by atoms with Gasteiger partial charge in [0.25, 0.3) is 0 Å². The molecule has 1 heteroatoms. The molecule has 0 aromatic heterocycles. The summed E-state index contributed by atoms with van der Waals surface area (Å²) < 4.78 is 0. The van der Waals surface area contributed by atoms with Crippen LogP contribution in [0.3, 0.4) is 0 Å². The summed E-state index contributed by atoms with van der Waals surface area (Å²) in [5.74, 6) is 0.817. The van der Waals surface area contributed by atoms with E-state index in [0.29, 0.717) is 5.41 Å². The monoisotopic (exact) mass is 165 g/mol. The summed E-state index contributed by atoms with van der Waals surface area (Å²) in [6.07, 6.45) is 6.84. The molecule has 12 heavy (non-hydrogen) atoms. The second kappa shape index (κ2) is 2.86. The minimum atomic E-state index is 0.496. The molecule has 0 aromatic carbocycles. The fourth-order valence-electron chi connectivity index (χ4n) is 2.84. The Kier molecular flexibility index (Phi) is 1.97. The van der Waals surface area contributed by atoms with Crippen LogP contribution < -0.4 is 0 Å². The van der Waals surface area contributed by atoms with Gasteiger partial charge >= 0.3 is 0 Å². The summed E-state index contributed by atoms with van der Waals surface area (Å²) in [7, 11) is 0. The first-order valence-electron chi connectivity index (χ1n) is 5.24. The summed E-state index contributed by atoms with van der Waals surface area (Å²) in [4.78, 5) is 4.72. The van der Waals surface area contributed by atoms with Gasteiger partial charge in [0.1, 0.15) is 0 Å². The van der Waals surface area contributed by atoms with Crippen molar-refractivity contribution in [2.24, 2.45) is 16.3 Å². The second-order valence-corrected chi connectivity index (χ2v) is 4.86. The van der Waals surface area contributed by atoms with Crippen LogP contribution in [-0.4, -0.2) is 12.3 Å². The molecular formula is C11H19N. The van der Waals surface area contributed by atoms with Gasteiger partial charge in [-0.15, -0.1) is 0 Å². The molecule has 1 aliphatic carbocycles. The van der Waals surface area contributed by atoms with E-state index in [1.165, 1.54) is 37.8 Å². The van der Waals surface area contributed by atoms with Gasteiger partial charge in [0.15, 0.2) is 0 Å². The van der Waals surface area contributed by atoms with Gasteiger partial charge in [-0.2, -0.15) is 0 Å². The Hall–Kier alpha value is -0.330. The van der Waals surface area contributed by atoms with Crippen LogP contribution in [0.1, 0.15) is 46.0 Å². The summed E-state index contributed by atoms with van der Waals surface area (Å²) in [6, 6.07) is 0. The number of fused-ring (bicyclic) bond motifs is 1. The van der Waals surface area contributed by atoms with Crippen LogP contribution >= 0.6 is 0 Å². The Morgan fingerprint density at radius 2 is 2.25 bits per heavy atom. The molecule has 1 heterocycles. The molecule has 2 unspecified atom stereocenters. The van der Waals surface area contributed by atoms with Crippen LogP contribution in [0, 0.1) is 11.3 Å². The molecule has 0 spiro atoms. The van der Waals surface area contributed by atoms with E-state index in [4.69, 9.17) is 4.99 Å². The van der Waals surface area contributed by atoms with E-state index in [0.717, 1.165) is 12.5 Å². The van der Waals surface area contributed by atoms with Gasteiger partial charge in [-0.1, -0.05) is 20.3 Å². The summed E-state index contributed by atoms with van der Waals surface area (Å²) >= 11 is 0. The lowest BCUT2D eigenvalue weighted by Gasteiger charge is -2.40. The van der Waals surface area contributed by atoms with Gasteiger partial charge in [-0.3, -0.25) is 4.99 Å². The van der Waals surface area contributed by atoms with Crippen LogP contribution in [0.4, 0.5) is 0 Å². The lowest BCUT2D eigenvalue weighted by molar-refractivity contribution is 0.279. The molecule has 0 N–H and O–H groups in total. The smallest absolute Gasteiger partial charge is 0.0414 e. The van der Waals surface area contributed by atoms with E-state index in [1.54, 1.807) is 0 Å². The average Bonchev–Trinajstić information content (AvgIpc) is 2.02. The van der Waals surface area contributed by atoms with Crippen molar-refractivity contribution in [3.63, 3.8) is 0 Å². The molecule has 68 valence electrons. The van der Waals surface area contributed by atoms with Crippen molar-refractivity contribution in [3.8, 4) is 0 Å². The van der Waals surface area contributed by atoms with Crippen LogP contribution in [-0.2, 0) is 0 Å². The van der Waals surface area contributed by atoms with Crippen molar-refractivity contribution in [3.05, 3.63) is 0 Å². The lowest BCUT2D eigenvalue weighted by atomic mass is 9.68. The number of rotatable bonds is 0. The van der Waals surface area contributed by atoms with E-state index in [2.05, 4.69) is 13.8 Å². The first-order chi connectivity index (χ1) is 5.71. The average molecular weight is 165 g/mol. The minimum Gasteiger partial charge on any atom is -0.293 e. The van der Waals surface area contributed by atoms with Crippen molar-refractivity contribution in [2.45, 2.75) is 46.0 Å². The Balaban J connectivity index is 2.21. The molecule has 0 bridgehead atoms. The number of hydrogen-bond donors (Lipinski definition) is 0. The summed E-state index contributed by atoms with van der Waals surface area (Å²) in [6.45, 7) is 5.84. The van der Waals surface area contributed by atoms with Crippen molar-refractivity contribution in [1.29, 1.82) is 0 Å². The maximum atomic E-state index is 4.72. The zero-order valence-corrected chi connectivity index (χ0v) is 8.27. The highest BCUT2D eigenvalue weighted by Gasteiger charge is 2.36. The lowest BCUT2D eigenvalue weighted by Crippen LogP contribution is -2.37. The van der Waals surface area contributed by atoms with Crippen molar-refractivity contribution in [1.82, 2.24) is 0 Å². The third-order valence-electron chi connectivity index (χ3n) is 3.48. The predicted octanol–water partition coefficient (Wildman–Crippen LogP) is 3.05. The summed E-state index contributed by atoms with van der Waals surface area (Å²) in [5.41, 5.74) is 2.03. The number of aliphatic imine (C=N–C) groups is 1. The molecule has 2 atom stereocenters. The van der Waals surface area contributed by atoms with Crippen LogP contribution in [0.5, 0.6) is 0 Å². The van der Waals surface area contributed by atoms with E-state index in [9.17, 15) is 0 Å². The fraction of sp³-hybridized carbons (Fsp3) is 0.909. The van der Waals surface area contributed by atoms with Crippen LogP contribution in [0.2, 0.25) is 0 Å². The zero-order valence-electron chi connectivity index (χ0n) is 8.27. The van der Waals surface area contributed by atoms with E-state index in [1.807, 2.05) is 0 Å². The quantitative estimate of drug-likeness (QED) is 0.523. The Morgan fingerprint density at radius 1 is 1.42 bits per heavy atom. The van der Waals surface area contributed by atoms with Crippen LogP contribution in [0.25, 0.3) is 0 Å². The highest BCUT2D eigenvalue weighted by Crippen LogP contribution is 2.41. The van der Waals surface area contributed by atoms with Crippen LogP contribution in [0.15, 0.2) is 4.99 Å². The SMILES string of the molecule is CC1CN=C2CCCCC2(C)C1. The molecule has 1 aliphatic heterocycles. The molecule has 1 nitrogen and oxygen atoms in total. The molecule has 0 saturated heterocycles. The normalized spacial score (nSPS) is 41.8. The fourth-order valence-corrected chi connectivity index (χ4v) is 2.84. The first-order valence-corrected chi connectivity index (χ1v) is 5.24. The zero-order chi connectivity index (χ0) is 8.60. The third-order valence-corrected chi connectivity index (χ3v) is 3.48. The van der Waals surface area contributed by atoms with Gasteiger partial charge in [-0.05, 0) is 31.6 Å². The number of nitrogens with zero attached hydrogens (tertiary/aromatic N) is 1. The maximum Gasteiger partial charge on any atom is 0.0414 e. The van der Waals surface area contributed by atoms with Gasteiger partial charge in [0.05, 0.1) is 0 Å². The van der Waals surface area contributed by atoms with Gasteiger partial charge < -0.3 is 0 Å². The van der Waals surface area contributed by atoms with Gasteiger partial charge in [-0.25, -0.2) is 0 Å². The Bertz CT molecular complexity index is 207. The largest absolute Gasteiger partial charge is 0.293 e. The predicted molar refractivity (Wildman–Crippen MR) is 52.7 cm³/mol. The van der Waals surface area contributed by atoms with Crippen molar-refractivity contribution in [2.75, 3.05) is 6.54 Å². The highest BCUT2D eigenvalue weighted by molar-refractivity contribution is 5.91. The van der Waals surface area contributed by atoms with E-state index < -0.39 is 0 Å². The molecule has 1 fully saturated rings. The Labute approximate surface area is 75.3 Å². The van der Waals surface area contributed by atoms with Crippen molar-refractivity contribution < 1.29 is 0 Å². The van der Waals surface area contributed by atoms with Gasteiger partial charge in [0.2, 0.25) is 0 Å². The van der Waals surface area contributed by atoms with Crippen molar-refractivity contribution >= 4 is 5.71 Å². The molecule has 2 rings (SSSR count). The number of hydrogen-bond acceptors (Lipinski definition) is 1. The summed E-state index contributed by atoms with van der Waals surface area (Å²) in [5, 5.41) is 0. The van der Waals surface area contributed by atoms with E-state index in [-0.39, 0.29) is 0 Å². The van der Waals surface area contributed by atoms with E-state index >= 15 is 0 Å². The Morgan fingerprint density at radius 3 is 3.08 bits per heavy atom. The first kappa shape index (κ1) is 8.28. The topological polar surface area (TPSA) is 12.4 Å². The molecule has 0 aromatic rings. The maximum absolute atomic E-state index is 4.72. The highest BCUT2D eigenvalue weighted by atomic mass is 14.8. The molecule has 0 radical (unpaired) electrons. The molecule has 2 aliphatic rings. The third kappa shape index (κ3) is 1.30. The standard InChI is InChI=1S/C11H19N/c1-9-7-11(2)6-4-3-5-10(11)12-8-9/h9H,3-8H2,1-2H3. The van der Waals surface area contributed by atoms with Gasteiger partial charge in [0, 0.05) is 17.7 Å². The molecular weight excluding hydrogens is 146 g/mol. The minimum absolute atomic E-state index is 0.496.